The number of hydrogen-bond acceptors (Lipinski definition) is 7. The van der Waals surface area contributed by atoms with Crippen LogP contribution in [-0.4, -0.2) is 65.9 Å². The van der Waals surface area contributed by atoms with Crippen LogP contribution in [0.1, 0.15) is 38.1 Å². The molecule has 2 aromatic rings. The molecule has 5 atom stereocenters. The topological polar surface area (TPSA) is 101 Å². The molecule has 1 aliphatic heterocycles. The number of nitrogens with zero attached hydrogens (tertiary/aromatic N) is 3. The van der Waals surface area contributed by atoms with Gasteiger partial charge in [0, 0.05) is 10.8 Å². The van der Waals surface area contributed by atoms with Crippen molar-refractivity contribution in [2.24, 2.45) is 0 Å². The van der Waals surface area contributed by atoms with Crippen LogP contribution in [0.2, 0.25) is 0 Å². The molecule has 2 fully saturated rings. The molecule has 0 radical (unpaired) electrons. The van der Waals surface area contributed by atoms with E-state index in [4.69, 9.17) is 4.74 Å². The molecule has 0 bridgehead atoms. The van der Waals surface area contributed by atoms with Crippen LogP contribution in [0.3, 0.4) is 0 Å². The third-order valence-electron chi connectivity index (χ3n) is 5.82. The van der Waals surface area contributed by atoms with Gasteiger partial charge in [-0.15, -0.1) is 16.9 Å². The summed E-state index contributed by atoms with van der Waals surface area (Å²) < 4.78 is 47.4. The number of aliphatic hydroxyl groups excluding tert-OH is 3. The lowest BCUT2D eigenvalue weighted by Crippen LogP contribution is -2.55. The van der Waals surface area contributed by atoms with Gasteiger partial charge >= 0.3 is 0 Å². The molecule has 1 aromatic heterocycles. The summed E-state index contributed by atoms with van der Waals surface area (Å²) in [6, 6.07) is 0.590. The SMILES string of the molecule is OCC1O[C@H](SC2CCCCC2)[C@@H](O)C(n2cc(-c3cc(F)c(F)c(F)c3)nn2)[C@H]1O. The lowest BCUT2D eigenvalue weighted by Gasteiger charge is -2.43. The van der Waals surface area contributed by atoms with Gasteiger partial charge in [-0.1, -0.05) is 24.5 Å². The summed E-state index contributed by atoms with van der Waals surface area (Å²) >= 11 is 1.48. The van der Waals surface area contributed by atoms with Gasteiger partial charge in [-0.25, -0.2) is 17.9 Å². The first-order valence-corrected chi connectivity index (χ1v) is 11.2. The Morgan fingerprint density at radius 3 is 2.39 bits per heavy atom. The van der Waals surface area contributed by atoms with Crippen LogP contribution in [0.25, 0.3) is 11.3 Å². The molecule has 1 aromatic carbocycles. The predicted octanol–water partition coefficient (Wildman–Crippen LogP) is 2.41. The molecule has 170 valence electrons. The van der Waals surface area contributed by atoms with Crippen molar-refractivity contribution < 1.29 is 33.2 Å². The molecule has 1 aliphatic carbocycles. The van der Waals surface area contributed by atoms with Crippen molar-refractivity contribution in [3.05, 3.63) is 35.8 Å². The van der Waals surface area contributed by atoms with E-state index in [0.717, 1.165) is 37.8 Å². The number of ether oxygens (including phenoxy) is 1. The van der Waals surface area contributed by atoms with E-state index in [1.165, 1.54) is 29.1 Å². The highest BCUT2D eigenvalue weighted by atomic mass is 32.2. The second-order valence-electron chi connectivity index (χ2n) is 7.93. The Morgan fingerprint density at radius 1 is 1.06 bits per heavy atom. The van der Waals surface area contributed by atoms with Crippen LogP contribution in [-0.2, 0) is 4.74 Å². The van der Waals surface area contributed by atoms with Gasteiger partial charge in [-0.3, -0.25) is 0 Å². The van der Waals surface area contributed by atoms with Gasteiger partial charge in [0.1, 0.15) is 35.5 Å². The second-order valence-corrected chi connectivity index (χ2v) is 9.33. The van der Waals surface area contributed by atoms with Gasteiger partial charge in [0.2, 0.25) is 0 Å². The quantitative estimate of drug-likeness (QED) is 0.591. The monoisotopic (exact) mass is 459 g/mol. The summed E-state index contributed by atoms with van der Waals surface area (Å²) in [5.41, 5.74) is -0.687. The molecule has 2 aliphatic rings. The molecule has 2 unspecified atom stereocenters. The van der Waals surface area contributed by atoms with E-state index in [1.54, 1.807) is 0 Å². The highest BCUT2D eigenvalue weighted by molar-refractivity contribution is 8.00. The van der Waals surface area contributed by atoms with Gasteiger partial charge in [-0.2, -0.15) is 0 Å². The van der Waals surface area contributed by atoms with Crippen molar-refractivity contribution in [3.63, 3.8) is 0 Å². The molecule has 0 spiro atoms. The summed E-state index contributed by atoms with van der Waals surface area (Å²) in [4.78, 5) is 0. The highest BCUT2D eigenvalue weighted by Crippen LogP contribution is 2.40. The maximum absolute atomic E-state index is 13.6. The zero-order valence-corrected chi connectivity index (χ0v) is 17.4. The summed E-state index contributed by atoms with van der Waals surface area (Å²) in [6.07, 6.45) is 3.31. The van der Waals surface area contributed by atoms with Crippen LogP contribution >= 0.6 is 11.8 Å². The van der Waals surface area contributed by atoms with Crippen LogP contribution in [0.15, 0.2) is 18.3 Å². The van der Waals surface area contributed by atoms with Gasteiger partial charge in [0.15, 0.2) is 17.5 Å². The van der Waals surface area contributed by atoms with Gasteiger partial charge < -0.3 is 20.1 Å². The Hall–Kier alpha value is -1.66. The van der Waals surface area contributed by atoms with Crippen LogP contribution in [0.4, 0.5) is 13.2 Å². The summed E-state index contributed by atoms with van der Waals surface area (Å²) in [7, 11) is 0. The first-order chi connectivity index (χ1) is 14.9. The van der Waals surface area contributed by atoms with Crippen molar-refractivity contribution in [2.75, 3.05) is 6.61 Å². The van der Waals surface area contributed by atoms with Crippen LogP contribution in [0, 0.1) is 17.5 Å². The van der Waals surface area contributed by atoms with Crippen molar-refractivity contribution in [3.8, 4) is 11.3 Å². The number of aromatic nitrogens is 3. The van der Waals surface area contributed by atoms with E-state index in [-0.39, 0.29) is 11.3 Å². The summed E-state index contributed by atoms with van der Waals surface area (Å²) in [6.45, 7) is -0.456. The minimum absolute atomic E-state index is 0.0365. The molecule has 11 heteroatoms. The van der Waals surface area contributed by atoms with Crippen molar-refractivity contribution in [2.45, 2.75) is 67.1 Å². The molecular formula is C20H24F3N3O4S. The van der Waals surface area contributed by atoms with E-state index >= 15 is 0 Å². The lowest BCUT2D eigenvalue weighted by molar-refractivity contribution is -0.178. The normalized spacial score (nSPS) is 29.9. The smallest absolute Gasteiger partial charge is 0.194 e. The second kappa shape index (κ2) is 9.45. The molecule has 1 saturated carbocycles. The number of thioether (sulfide) groups is 1. The highest BCUT2D eigenvalue weighted by Gasteiger charge is 2.47. The Morgan fingerprint density at radius 2 is 1.74 bits per heavy atom. The average molecular weight is 459 g/mol. The maximum atomic E-state index is 13.6. The zero-order valence-electron chi connectivity index (χ0n) is 16.6. The average Bonchev–Trinajstić information content (AvgIpc) is 3.24. The zero-order chi connectivity index (χ0) is 22.1. The number of halogens is 3. The minimum Gasteiger partial charge on any atom is -0.394 e. The molecule has 4 rings (SSSR count). The minimum atomic E-state index is -1.58. The van der Waals surface area contributed by atoms with Crippen LogP contribution < -0.4 is 0 Å². The molecule has 3 N–H and O–H groups in total. The Kier molecular flexibility index (Phi) is 6.87. The molecule has 0 amide bonds. The molecule has 31 heavy (non-hydrogen) atoms. The Bertz CT molecular complexity index is 889. The van der Waals surface area contributed by atoms with Crippen molar-refractivity contribution in [1.29, 1.82) is 0 Å². The standard InChI is InChI=1S/C20H24F3N3O4S/c21-12-6-10(7-13(22)16(12)23)14-8-26(25-24-14)17-18(28)15(9-27)30-20(19(17)29)31-11-4-2-1-3-5-11/h6-8,11,15,17-20,27-29H,1-5,9H2/t15?,17?,18-,19-,20+/m0/s1. The van der Waals surface area contributed by atoms with E-state index < -0.39 is 53.8 Å². The third-order valence-corrected chi connectivity index (χ3v) is 7.34. The number of benzene rings is 1. The van der Waals surface area contributed by atoms with Crippen LogP contribution in [0.5, 0.6) is 0 Å². The molecular weight excluding hydrogens is 435 g/mol. The largest absolute Gasteiger partial charge is 0.394 e. The van der Waals surface area contributed by atoms with E-state index in [9.17, 15) is 28.5 Å². The predicted molar refractivity (Wildman–Crippen MR) is 107 cm³/mol. The summed E-state index contributed by atoms with van der Waals surface area (Å²) in [5, 5.41) is 39.4. The Labute approximate surface area is 181 Å². The fourth-order valence-electron chi connectivity index (χ4n) is 4.14. The first kappa shape index (κ1) is 22.5. The first-order valence-electron chi connectivity index (χ1n) is 10.2. The van der Waals surface area contributed by atoms with E-state index in [0.29, 0.717) is 5.25 Å². The number of hydrogen-bond donors (Lipinski definition) is 3. The number of rotatable bonds is 5. The molecule has 7 nitrogen and oxygen atoms in total. The molecule has 2 heterocycles. The Balaban J connectivity index is 1.59. The van der Waals surface area contributed by atoms with Gasteiger partial charge in [0.05, 0.1) is 12.8 Å². The number of aliphatic hydroxyl groups is 3. The fourth-order valence-corrected chi connectivity index (χ4v) is 5.66. The fraction of sp³-hybridized carbons (Fsp3) is 0.600. The maximum Gasteiger partial charge on any atom is 0.194 e. The van der Waals surface area contributed by atoms with E-state index in [1.807, 2.05) is 0 Å². The van der Waals surface area contributed by atoms with Crippen molar-refractivity contribution in [1.82, 2.24) is 15.0 Å². The third kappa shape index (κ3) is 4.61. The lowest BCUT2D eigenvalue weighted by atomic mass is 9.97. The van der Waals surface area contributed by atoms with E-state index in [2.05, 4.69) is 10.3 Å². The van der Waals surface area contributed by atoms with Crippen molar-refractivity contribution >= 4 is 11.8 Å². The van der Waals surface area contributed by atoms with Gasteiger partial charge in [0.25, 0.3) is 0 Å². The molecule has 1 saturated heterocycles. The van der Waals surface area contributed by atoms with Gasteiger partial charge in [-0.05, 0) is 25.0 Å². The summed E-state index contributed by atoms with van der Waals surface area (Å²) in [5.74, 6) is -4.31.